The number of hydrogen-bond acceptors (Lipinski definition) is 4. The molecule has 0 saturated heterocycles. The summed E-state index contributed by atoms with van der Waals surface area (Å²) >= 11 is 12.7. The van der Waals surface area contributed by atoms with Gasteiger partial charge in [-0.15, -0.1) is 24.5 Å². The van der Waals surface area contributed by atoms with Crippen LogP contribution in [0.4, 0.5) is 13.2 Å². The van der Waals surface area contributed by atoms with E-state index < -0.39 is 11.9 Å². The first kappa shape index (κ1) is 31.2. The van der Waals surface area contributed by atoms with E-state index in [0.717, 1.165) is 28.6 Å². The number of alkyl halides is 3. The van der Waals surface area contributed by atoms with Crippen molar-refractivity contribution in [1.82, 2.24) is 14.5 Å². The van der Waals surface area contributed by atoms with Gasteiger partial charge in [-0.2, -0.15) is 13.2 Å². The third kappa shape index (κ3) is 7.86. The van der Waals surface area contributed by atoms with E-state index in [-0.39, 0.29) is 57.2 Å². The predicted molar refractivity (Wildman–Crippen MR) is 134 cm³/mol. The monoisotopic (exact) mass is 549 g/mol. The van der Waals surface area contributed by atoms with E-state index in [2.05, 4.69) is 23.1 Å². The van der Waals surface area contributed by atoms with Gasteiger partial charge in [-0.1, -0.05) is 41.6 Å². The van der Waals surface area contributed by atoms with E-state index in [1.54, 1.807) is 31.3 Å². The van der Waals surface area contributed by atoms with Crippen LogP contribution in [-0.2, 0) is 18.8 Å². The average molecular weight is 550 g/mol. The van der Waals surface area contributed by atoms with Gasteiger partial charge < -0.3 is 17.2 Å². The molecule has 0 atom stereocenters. The van der Waals surface area contributed by atoms with E-state index in [1.807, 2.05) is 26.0 Å². The van der Waals surface area contributed by atoms with E-state index in [1.165, 1.54) is 15.9 Å². The second-order valence-electron chi connectivity index (χ2n) is 6.89. The molecule has 34 heavy (non-hydrogen) atoms. The van der Waals surface area contributed by atoms with Crippen molar-refractivity contribution in [3.05, 3.63) is 72.2 Å². The van der Waals surface area contributed by atoms with Crippen LogP contribution in [0.1, 0.15) is 37.9 Å². The first-order valence-corrected chi connectivity index (χ1v) is 11.7. The molecule has 0 fully saturated rings. The molecule has 0 aliphatic carbocycles. The van der Waals surface area contributed by atoms with Crippen molar-refractivity contribution in [1.29, 1.82) is 0 Å². The Bertz CT molecular complexity index is 1170. The average Bonchev–Trinajstić information content (AvgIpc) is 3.44. The van der Waals surface area contributed by atoms with Crippen molar-refractivity contribution in [2.45, 2.75) is 44.8 Å². The summed E-state index contributed by atoms with van der Waals surface area (Å²) in [7, 11) is 0. The maximum atomic E-state index is 13.5. The molecule has 0 aliphatic rings. The summed E-state index contributed by atoms with van der Waals surface area (Å²) in [4.78, 5) is 9.63. The van der Waals surface area contributed by atoms with Gasteiger partial charge >= 0.3 is 57.6 Å². The Morgan fingerprint density at radius 1 is 1.26 bits per heavy atom. The summed E-state index contributed by atoms with van der Waals surface area (Å²) in [5.41, 5.74) is 1.44. The number of thiophene rings is 1. The van der Waals surface area contributed by atoms with Gasteiger partial charge in [0.2, 0.25) is 0 Å². The molecule has 0 spiro atoms. The molecule has 0 bridgehead atoms. The Kier molecular flexibility index (Phi) is 12.9. The summed E-state index contributed by atoms with van der Waals surface area (Å²) in [5.74, 6) is 0.230. The standard InChI is InChI=1S/C22H21ClF3N3S2.C2H4.K/c1-4-6-16(10-15(23)5-2)29-12-19(22(24,25)26)28-20(29)18-8-7-17(31-18)14-9-13(3)21(30)27-11-14;1-2;/h5,7-12H,4,6H2,1-3H3,(H,27,30);1-2H2;/q;;+1/p-1/b15-5+,16-10+;;. The summed E-state index contributed by atoms with van der Waals surface area (Å²) in [6.45, 7) is 11.6. The maximum absolute atomic E-state index is 13.5. The van der Waals surface area contributed by atoms with E-state index in [4.69, 9.17) is 24.2 Å². The van der Waals surface area contributed by atoms with Gasteiger partial charge in [0.15, 0.2) is 11.5 Å². The number of allylic oxidation sites excluding steroid dienone is 4. The Balaban J connectivity index is 0.00000188. The fourth-order valence-electron chi connectivity index (χ4n) is 2.98. The molecule has 3 heterocycles. The van der Waals surface area contributed by atoms with Crippen LogP contribution in [0.2, 0.25) is 0 Å². The fourth-order valence-corrected chi connectivity index (χ4v) is 4.19. The van der Waals surface area contributed by atoms with Crippen molar-refractivity contribution >= 4 is 41.3 Å². The minimum atomic E-state index is -4.55. The molecular formula is C24H24ClF3KN3S2. The van der Waals surface area contributed by atoms with Crippen LogP contribution in [0.5, 0.6) is 0 Å². The minimum absolute atomic E-state index is 0. The first-order valence-electron chi connectivity index (χ1n) is 10.1. The molecule has 3 nitrogen and oxygen atoms in total. The Labute approximate surface area is 255 Å². The SMILES string of the molecule is C/C=C(Cl)\C=C(/CCC)n1cc(C(F)(F)F)nc1-c1ccc(-c2cnc([S-])c(C)c2)s1.C=C.[K+]. The molecule has 0 amide bonds. The largest absolute Gasteiger partial charge is 1.00 e. The van der Waals surface area contributed by atoms with Crippen LogP contribution in [0.25, 0.3) is 26.8 Å². The van der Waals surface area contributed by atoms with E-state index in [0.29, 0.717) is 27.1 Å². The maximum Gasteiger partial charge on any atom is 1.00 e. The van der Waals surface area contributed by atoms with Gasteiger partial charge in [0.25, 0.3) is 0 Å². The zero-order valence-electron chi connectivity index (χ0n) is 19.5. The van der Waals surface area contributed by atoms with Crippen molar-refractivity contribution < 1.29 is 64.6 Å². The Hall–Kier alpha value is -0.784. The molecule has 10 heteroatoms. The second kappa shape index (κ2) is 14.1. The predicted octanol–water partition coefficient (Wildman–Crippen LogP) is 5.50. The molecule has 0 saturated carbocycles. The van der Waals surface area contributed by atoms with Crippen LogP contribution in [0.15, 0.2) is 66.0 Å². The smallest absolute Gasteiger partial charge is 0.760 e. The summed E-state index contributed by atoms with van der Waals surface area (Å²) in [5, 5.41) is 0.982. The van der Waals surface area contributed by atoms with Crippen LogP contribution < -0.4 is 51.4 Å². The van der Waals surface area contributed by atoms with Crippen LogP contribution in [0, 0.1) is 6.92 Å². The van der Waals surface area contributed by atoms with Gasteiger partial charge in [-0.25, -0.2) is 4.98 Å². The van der Waals surface area contributed by atoms with Gasteiger partial charge in [0.05, 0.1) is 4.88 Å². The van der Waals surface area contributed by atoms with Crippen molar-refractivity contribution in [3.63, 3.8) is 0 Å². The number of pyridine rings is 1. The number of imidazole rings is 1. The molecule has 3 rings (SSSR count). The third-order valence-corrected chi connectivity index (χ3v) is 6.42. The molecule has 0 unspecified atom stereocenters. The zero-order valence-corrected chi connectivity index (χ0v) is 25.1. The molecular weight excluding hydrogens is 526 g/mol. The van der Waals surface area contributed by atoms with Crippen molar-refractivity contribution in [3.8, 4) is 21.1 Å². The number of nitrogens with zero attached hydrogens (tertiary/aromatic N) is 3. The third-order valence-electron chi connectivity index (χ3n) is 4.53. The fraction of sp³-hybridized carbons (Fsp3) is 0.250. The Morgan fingerprint density at radius 2 is 1.91 bits per heavy atom. The molecule has 0 aromatic carbocycles. The normalized spacial score (nSPS) is 12.1. The van der Waals surface area contributed by atoms with Crippen molar-refractivity contribution in [2.24, 2.45) is 0 Å². The topological polar surface area (TPSA) is 30.7 Å². The van der Waals surface area contributed by atoms with Crippen LogP contribution in [-0.4, -0.2) is 14.5 Å². The number of aromatic nitrogens is 3. The molecule has 0 N–H and O–H groups in total. The number of rotatable bonds is 6. The number of hydrogen-bond donors (Lipinski definition) is 0. The second-order valence-corrected chi connectivity index (χ2v) is 8.79. The molecule has 0 aliphatic heterocycles. The summed E-state index contributed by atoms with van der Waals surface area (Å²) < 4.78 is 41.9. The molecule has 0 radical (unpaired) electrons. The van der Waals surface area contributed by atoms with Gasteiger partial charge in [0.1, 0.15) is 0 Å². The number of halogens is 4. The molecule has 176 valence electrons. The van der Waals surface area contributed by atoms with Gasteiger partial charge in [-0.05, 0) is 44.5 Å². The van der Waals surface area contributed by atoms with Crippen molar-refractivity contribution in [2.75, 3.05) is 0 Å². The summed E-state index contributed by atoms with van der Waals surface area (Å²) in [6, 6.07) is 5.55. The van der Waals surface area contributed by atoms with E-state index >= 15 is 0 Å². The van der Waals surface area contributed by atoms with Gasteiger partial charge in [-0.3, -0.25) is 4.98 Å². The first-order chi connectivity index (χ1) is 15.6. The summed E-state index contributed by atoms with van der Waals surface area (Å²) in [6.07, 6.45) is 2.82. The minimum Gasteiger partial charge on any atom is -0.760 e. The Morgan fingerprint density at radius 3 is 2.47 bits per heavy atom. The van der Waals surface area contributed by atoms with E-state index in [9.17, 15) is 13.2 Å². The quantitative estimate of drug-likeness (QED) is 0.176. The number of aryl methyl sites for hydroxylation is 1. The van der Waals surface area contributed by atoms with Crippen LogP contribution in [0.3, 0.4) is 0 Å². The van der Waals surface area contributed by atoms with Gasteiger partial charge in [0, 0.05) is 33.6 Å². The molecule has 3 aromatic rings. The molecule has 3 aromatic heterocycles. The van der Waals surface area contributed by atoms with Crippen LogP contribution >= 0.6 is 22.9 Å². The zero-order chi connectivity index (χ0) is 24.8.